The molecule has 0 bridgehead atoms. The highest BCUT2D eigenvalue weighted by atomic mass is 19.4. The fraction of sp³-hybridized carbons (Fsp3) is 0.500. The predicted octanol–water partition coefficient (Wildman–Crippen LogP) is 3.99. The molecule has 1 saturated heterocycles. The van der Waals surface area contributed by atoms with E-state index < -0.39 is 17.8 Å². The van der Waals surface area contributed by atoms with Crippen LogP contribution in [0.5, 0.6) is 0 Å². The molecule has 27 heavy (non-hydrogen) atoms. The van der Waals surface area contributed by atoms with Crippen molar-refractivity contribution >= 4 is 5.82 Å². The summed E-state index contributed by atoms with van der Waals surface area (Å²) < 4.78 is 39.4. The van der Waals surface area contributed by atoms with Crippen molar-refractivity contribution in [1.82, 2.24) is 9.97 Å². The van der Waals surface area contributed by atoms with Crippen LogP contribution in [0.15, 0.2) is 24.3 Å². The van der Waals surface area contributed by atoms with Crippen LogP contribution in [0.25, 0.3) is 0 Å². The number of hydrogen-bond acceptors (Lipinski definition) is 4. The maximum atomic E-state index is 13.1. The van der Waals surface area contributed by atoms with Crippen LogP contribution in [0.1, 0.15) is 53.5 Å². The summed E-state index contributed by atoms with van der Waals surface area (Å²) in [6.07, 6.45) is -0.691. The van der Waals surface area contributed by atoms with Crippen molar-refractivity contribution in [2.24, 2.45) is 0 Å². The molecule has 1 aromatic carbocycles. The molecule has 0 radical (unpaired) electrons. The minimum atomic E-state index is -4.39. The Morgan fingerprint density at radius 1 is 1.15 bits per heavy atom. The Bertz CT molecular complexity index is 853. The van der Waals surface area contributed by atoms with Gasteiger partial charge in [-0.05, 0) is 56.7 Å². The van der Waals surface area contributed by atoms with E-state index in [0.29, 0.717) is 24.4 Å². The second-order valence-electron chi connectivity index (χ2n) is 7.41. The number of β-amino-alcohol motifs (C(OH)–C–C–N with tert-alkyl or cyclic N) is 1. The number of hydrogen-bond donors (Lipinski definition) is 1. The number of halogens is 3. The third kappa shape index (κ3) is 3.52. The van der Waals surface area contributed by atoms with Gasteiger partial charge in [0.2, 0.25) is 0 Å². The minimum absolute atomic E-state index is 0.331. The van der Waals surface area contributed by atoms with E-state index in [2.05, 4.69) is 9.97 Å². The first-order valence-corrected chi connectivity index (χ1v) is 9.31. The summed E-state index contributed by atoms with van der Waals surface area (Å²) in [6.45, 7) is 2.20. The largest absolute Gasteiger partial charge is 0.416 e. The molecule has 0 amide bonds. The topological polar surface area (TPSA) is 49.2 Å². The number of aryl methyl sites for hydroxylation is 2. The second-order valence-corrected chi connectivity index (χ2v) is 7.41. The zero-order chi connectivity index (χ0) is 19.2. The number of alkyl halides is 3. The van der Waals surface area contributed by atoms with Gasteiger partial charge in [0.15, 0.2) is 0 Å². The lowest BCUT2D eigenvalue weighted by molar-refractivity contribution is -0.137. The SMILES string of the molecule is Cc1nc2c(c(N3CC(O)CC3c3cccc(C(F)(F)F)c3)n1)CCCC2. The Labute approximate surface area is 156 Å². The average Bonchev–Trinajstić information content (AvgIpc) is 3.02. The molecular formula is C20H22F3N3O. The zero-order valence-electron chi connectivity index (χ0n) is 15.1. The molecule has 7 heteroatoms. The molecule has 2 heterocycles. The van der Waals surface area contributed by atoms with Gasteiger partial charge in [-0.2, -0.15) is 13.2 Å². The number of fused-ring (bicyclic) bond motifs is 1. The number of aliphatic hydroxyl groups excluding tert-OH is 1. The Morgan fingerprint density at radius 3 is 2.70 bits per heavy atom. The molecule has 2 aromatic rings. The monoisotopic (exact) mass is 377 g/mol. The summed E-state index contributed by atoms with van der Waals surface area (Å²) in [6, 6.07) is 5.07. The van der Waals surface area contributed by atoms with Crippen LogP contribution >= 0.6 is 0 Å². The van der Waals surface area contributed by atoms with E-state index in [-0.39, 0.29) is 6.04 Å². The van der Waals surface area contributed by atoms with Crippen molar-refractivity contribution in [3.63, 3.8) is 0 Å². The van der Waals surface area contributed by atoms with Gasteiger partial charge in [0.1, 0.15) is 11.6 Å². The van der Waals surface area contributed by atoms with Crippen molar-refractivity contribution < 1.29 is 18.3 Å². The van der Waals surface area contributed by atoms with Crippen LogP contribution in [0.3, 0.4) is 0 Å². The molecule has 1 aromatic heterocycles. The first kappa shape index (κ1) is 18.2. The number of aliphatic hydroxyl groups is 1. The molecule has 144 valence electrons. The highest BCUT2D eigenvalue weighted by Gasteiger charge is 2.37. The molecular weight excluding hydrogens is 355 g/mol. The molecule has 0 spiro atoms. The first-order valence-electron chi connectivity index (χ1n) is 9.31. The van der Waals surface area contributed by atoms with E-state index in [1.807, 2.05) is 11.8 Å². The lowest BCUT2D eigenvalue weighted by atomic mass is 9.95. The normalized spacial score (nSPS) is 22.8. The fourth-order valence-electron chi connectivity index (χ4n) is 4.22. The Hall–Kier alpha value is -2.15. The van der Waals surface area contributed by atoms with E-state index in [4.69, 9.17) is 0 Å². The molecule has 1 N–H and O–H groups in total. The predicted molar refractivity (Wildman–Crippen MR) is 95.6 cm³/mol. The number of rotatable bonds is 2. The first-order chi connectivity index (χ1) is 12.8. The molecule has 2 atom stereocenters. The van der Waals surface area contributed by atoms with Crippen molar-refractivity contribution in [3.05, 3.63) is 52.5 Å². The Kier molecular flexibility index (Phi) is 4.58. The minimum Gasteiger partial charge on any atom is -0.391 e. The van der Waals surface area contributed by atoms with Gasteiger partial charge in [-0.1, -0.05) is 12.1 Å². The highest BCUT2D eigenvalue weighted by Crippen LogP contribution is 2.40. The highest BCUT2D eigenvalue weighted by molar-refractivity contribution is 5.54. The third-order valence-corrected chi connectivity index (χ3v) is 5.42. The van der Waals surface area contributed by atoms with E-state index in [0.717, 1.165) is 48.8 Å². The fourth-order valence-corrected chi connectivity index (χ4v) is 4.22. The van der Waals surface area contributed by atoms with Crippen LogP contribution in [0.2, 0.25) is 0 Å². The lowest BCUT2D eigenvalue weighted by Gasteiger charge is -2.30. The van der Waals surface area contributed by atoms with Gasteiger partial charge in [-0.3, -0.25) is 0 Å². The van der Waals surface area contributed by atoms with Crippen molar-refractivity contribution in [2.75, 3.05) is 11.4 Å². The van der Waals surface area contributed by atoms with E-state index in [9.17, 15) is 18.3 Å². The summed E-state index contributed by atoms with van der Waals surface area (Å²) in [7, 11) is 0. The van der Waals surface area contributed by atoms with Gasteiger partial charge in [-0.25, -0.2) is 9.97 Å². The standard InChI is InChI=1S/C20H22F3N3O/c1-12-24-17-8-3-2-7-16(17)19(25-12)26-11-15(27)10-18(26)13-5-4-6-14(9-13)20(21,22)23/h4-6,9,15,18,27H,2-3,7-8,10-11H2,1H3. The van der Waals surface area contributed by atoms with E-state index in [1.165, 1.54) is 12.1 Å². The maximum absolute atomic E-state index is 13.1. The lowest BCUT2D eigenvalue weighted by Crippen LogP contribution is -2.28. The number of benzene rings is 1. The van der Waals surface area contributed by atoms with E-state index in [1.54, 1.807) is 6.07 Å². The second kappa shape index (κ2) is 6.78. The van der Waals surface area contributed by atoms with Crippen molar-refractivity contribution in [3.8, 4) is 0 Å². The molecule has 2 unspecified atom stereocenters. The van der Waals surface area contributed by atoms with Gasteiger partial charge in [0.25, 0.3) is 0 Å². The maximum Gasteiger partial charge on any atom is 0.416 e. The van der Waals surface area contributed by atoms with Gasteiger partial charge >= 0.3 is 6.18 Å². The van der Waals surface area contributed by atoms with Crippen LogP contribution in [0.4, 0.5) is 19.0 Å². The van der Waals surface area contributed by atoms with E-state index >= 15 is 0 Å². The Morgan fingerprint density at radius 2 is 1.93 bits per heavy atom. The van der Waals surface area contributed by atoms with Gasteiger partial charge < -0.3 is 10.0 Å². The zero-order valence-corrected chi connectivity index (χ0v) is 15.1. The Balaban J connectivity index is 1.76. The smallest absolute Gasteiger partial charge is 0.391 e. The molecule has 2 aliphatic rings. The third-order valence-electron chi connectivity index (χ3n) is 5.42. The molecule has 1 fully saturated rings. The van der Waals surface area contributed by atoms with Crippen molar-refractivity contribution in [1.29, 1.82) is 0 Å². The molecule has 4 rings (SSSR count). The summed E-state index contributed by atoms with van der Waals surface area (Å²) >= 11 is 0. The van der Waals surface area contributed by atoms with Gasteiger partial charge in [0, 0.05) is 17.8 Å². The van der Waals surface area contributed by atoms with Crippen LogP contribution in [0, 0.1) is 6.92 Å². The summed E-state index contributed by atoms with van der Waals surface area (Å²) in [5.74, 6) is 1.44. The van der Waals surface area contributed by atoms with Gasteiger partial charge in [-0.15, -0.1) is 0 Å². The quantitative estimate of drug-likeness (QED) is 0.860. The number of anilines is 1. The molecule has 4 nitrogen and oxygen atoms in total. The number of nitrogens with zero attached hydrogens (tertiary/aromatic N) is 3. The van der Waals surface area contributed by atoms with Crippen LogP contribution in [-0.4, -0.2) is 27.7 Å². The molecule has 1 aliphatic carbocycles. The van der Waals surface area contributed by atoms with Crippen LogP contribution in [-0.2, 0) is 19.0 Å². The summed E-state index contributed by atoms with van der Waals surface area (Å²) in [4.78, 5) is 11.2. The van der Waals surface area contributed by atoms with Crippen molar-refractivity contribution in [2.45, 2.75) is 57.3 Å². The van der Waals surface area contributed by atoms with Crippen LogP contribution < -0.4 is 4.90 Å². The average molecular weight is 377 g/mol. The number of aromatic nitrogens is 2. The molecule has 1 aliphatic heterocycles. The van der Waals surface area contributed by atoms with Gasteiger partial charge in [0.05, 0.1) is 17.7 Å². The summed E-state index contributed by atoms with van der Waals surface area (Å²) in [5, 5.41) is 10.3. The molecule has 0 saturated carbocycles. The summed E-state index contributed by atoms with van der Waals surface area (Å²) in [5.41, 5.74) is 2.01.